The molecular formula is C16H17N5O. The number of hydrogen-bond acceptors (Lipinski definition) is 2. The molecule has 3 atom stereocenters. The number of piperidine rings is 1. The zero-order valence-electron chi connectivity index (χ0n) is 12.4. The van der Waals surface area contributed by atoms with Crippen molar-refractivity contribution in [2.24, 2.45) is 11.0 Å². The Kier molecular flexibility index (Phi) is 2.96. The van der Waals surface area contributed by atoms with Crippen molar-refractivity contribution in [1.29, 1.82) is 0 Å². The Morgan fingerprint density at radius 1 is 1.50 bits per heavy atom. The van der Waals surface area contributed by atoms with Gasteiger partial charge in [-0.3, -0.25) is 4.79 Å². The lowest BCUT2D eigenvalue weighted by atomic mass is 9.72. The normalized spacial score (nSPS) is 27.2. The third kappa shape index (κ3) is 1.85. The molecule has 1 saturated heterocycles. The zero-order valence-corrected chi connectivity index (χ0v) is 12.4. The van der Waals surface area contributed by atoms with Crippen LogP contribution in [0.2, 0.25) is 0 Å². The third-order valence-corrected chi connectivity index (χ3v) is 5.22. The summed E-state index contributed by atoms with van der Waals surface area (Å²) >= 11 is 0. The van der Waals surface area contributed by atoms with Crippen molar-refractivity contribution in [2.45, 2.75) is 24.8 Å². The van der Waals surface area contributed by atoms with E-state index in [0.29, 0.717) is 18.5 Å². The van der Waals surface area contributed by atoms with Crippen LogP contribution in [0.1, 0.15) is 23.5 Å². The van der Waals surface area contributed by atoms with Gasteiger partial charge in [-0.15, -0.1) is 0 Å². The number of likely N-dealkylation sites (N-methyl/N-ethyl adjacent to an activating group) is 1. The summed E-state index contributed by atoms with van der Waals surface area (Å²) in [7, 11) is 2.06. The Morgan fingerprint density at radius 2 is 2.36 bits per heavy atom. The summed E-state index contributed by atoms with van der Waals surface area (Å²) in [5.41, 5.74) is 12.3. The molecular weight excluding hydrogens is 278 g/mol. The van der Waals surface area contributed by atoms with Gasteiger partial charge in [-0.25, -0.2) is 0 Å². The smallest absolute Gasteiger partial charge is 0.223 e. The first kappa shape index (κ1) is 13.4. The Morgan fingerprint density at radius 3 is 3.18 bits per heavy atom. The molecule has 0 bridgehead atoms. The van der Waals surface area contributed by atoms with Crippen LogP contribution < -0.4 is 0 Å². The molecule has 1 amide bonds. The molecule has 0 spiro atoms. The summed E-state index contributed by atoms with van der Waals surface area (Å²) in [6.45, 7) is 0.661. The molecule has 1 aliphatic carbocycles. The Balaban J connectivity index is 1.78. The number of aromatic amines is 1. The van der Waals surface area contributed by atoms with Gasteiger partial charge in [0.1, 0.15) is 0 Å². The van der Waals surface area contributed by atoms with Crippen molar-refractivity contribution in [3.63, 3.8) is 0 Å². The van der Waals surface area contributed by atoms with E-state index in [2.05, 4.69) is 51.4 Å². The number of carbonyl (C=O) groups excluding carboxylic acids is 1. The van der Waals surface area contributed by atoms with Gasteiger partial charge in [-0.05, 0) is 47.7 Å². The summed E-state index contributed by atoms with van der Waals surface area (Å²) in [5, 5.41) is 4.63. The fraction of sp³-hybridized carbons (Fsp3) is 0.438. The molecule has 1 fully saturated rings. The summed E-state index contributed by atoms with van der Waals surface area (Å²) < 4.78 is 0. The van der Waals surface area contributed by atoms with Crippen LogP contribution in [0.5, 0.6) is 0 Å². The molecule has 1 aromatic carbocycles. The summed E-state index contributed by atoms with van der Waals surface area (Å²) in [4.78, 5) is 20.3. The van der Waals surface area contributed by atoms with Gasteiger partial charge in [0.25, 0.3) is 0 Å². The number of nitrogens with zero attached hydrogens (tertiary/aromatic N) is 4. The lowest BCUT2D eigenvalue weighted by molar-refractivity contribution is -0.124. The standard InChI is InChI=1S/C16H17N5O/c1-21-8-10(16(22)19-20-17)5-12-11-3-2-4-13-15(11)9(7-18-13)6-14(12)21/h2-4,7,10,12,14,18H,5-6,8H2,1H3/t10-,12+,14+/m0/s1. The van der Waals surface area contributed by atoms with Crippen LogP contribution in [0.4, 0.5) is 0 Å². The minimum absolute atomic E-state index is 0.210. The fourth-order valence-electron chi connectivity index (χ4n) is 4.25. The molecule has 0 radical (unpaired) electrons. The zero-order chi connectivity index (χ0) is 15.3. The number of nitrogens with one attached hydrogen (secondary N) is 1. The molecule has 1 aliphatic heterocycles. The lowest BCUT2D eigenvalue weighted by Crippen LogP contribution is -2.49. The van der Waals surface area contributed by atoms with Crippen LogP contribution in [0.25, 0.3) is 21.3 Å². The number of benzene rings is 1. The number of fused-ring (bicyclic) bond motifs is 2. The summed E-state index contributed by atoms with van der Waals surface area (Å²) in [6.07, 6.45) is 3.87. The molecule has 1 N–H and O–H groups in total. The monoisotopic (exact) mass is 295 g/mol. The van der Waals surface area contributed by atoms with Crippen LogP contribution in [0.15, 0.2) is 29.5 Å². The highest BCUT2D eigenvalue weighted by Crippen LogP contribution is 2.44. The largest absolute Gasteiger partial charge is 0.361 e. The molecule has 2 aliphatic rings. The van der Waals surface area contributed by atoms with Gasteiger partial charge in [-0.2, -0.15) is 0 Å². The van der Waals surface area contributed by atoms with E-state index in [9.17, 15) is 4.79 Å². The van der Waals surface area contributed by atoms with Gasteiger partial charge in [-0.1, -0.05) is 12.1 Å². The average molecular weight is 295 g/mol. The van der Waals surface area contributed by atoms with E-state index in [4.69, 9.17) is 5.53 Å². The van der Waals surface area contributed by atoms with Crippen molar-refractivity contribution in [1.82, 2.24) is 9.88 Å². The van der Waals surface area contributed by atoms with E-state index >= 15 is 0 Å². The number of azide groups is 1. The third-order valence-electron chi connectivity index (χ3n) is 5.22. The molecule has 2 aromatic rings. The van der Waals surface area contributed by atoms with E-state index in [1.807, 2.05) is 0 Å². The van der Waals surface area contributed by atoms with E-state index in [1.165, 1.54) is 16.5 Å². The minimum Gasteiger partial charge on any atom is -0.361 e. The molecule has 4 rings (SSSR count). The molecule has 112 valence electrons. The maximum Gasteiger partial charge on any atom is 0.223 e. The second-order valence-electron chi connectivity index (χ2n) is 6.36. The van der Waals surface area contributed by atoms with Crippen molar-refractivity contribution in [3.8, 4) is 0 Å². The molecule has 6 heteroatoms. The number of amides is 1. The van der Waals surface area contributed by atoms with Gasteiger partial charge in [0.05, 0.1) is 0 Å². The van der Waals surface area contributed by atoms with Gasteiger partial charge in [0.15, 0.2) is 0 Å². The highest BCUT2D eigenvalue weighted by atomic mass is 16.1. The van der Waals surface area contributed by atoms with Crippen LogP contribution in [-0.2, 0) is 11.2 Å². The molecule has 1 aromatic heterocycles. The van der Waals surface area contributed by atoms with Gasteiger partial charge >= 0.3 is 0 Å². The highest BCUT2D eigenvalue weighted by molar-refractivity contribution is 5.88. The van der Waals surface area contributed by atoms with Gasteiger partial charge < -0.3 is 9.88 Å². The quantitative estimate of drug-likeness (QED) is 0.498. The van der Waals surface area contributed by atoms with Crippen LogP contribution in [0, 0.1) is 5.92 Å². The number of H-pyrrole nitrogens is 1. The minimum atomic E-state index is -0.333. The summed E-state index contributed by atoms with van der Waals surface area (Å²) in [6, 6.07) is 6.74. The molecule has 2 heterocycles. The second-order valence-corrected chi connectivity index (χ2v) is 6.36. The van der Waals surface area contributed by atoms with Crippen molar-refractivity contribution in [2.75, 3.05) is 13.6 Å². The Bertz CT molecular complexity index is 804. The predicted molar refractivity (Wildman–Crippen MR) is 83.4 cm³/mol. The maximum atomic E-state index is 12.0. The van der Waals surface area contributed by atoms with Crippen molar-refractivity contribution < 1.29 is 4.79 Å². The predicted octanol–water partition coefficient (Wildman–Crippen LogP) is 2.96. The van der Waals surface area contributed by atoms with E-state index < -0.39 is 0 Å². The fourth-order valence-corrected chi connectivity index (χ4v) is 4.25. The number of hydrogen-bond donors (Lipinski definition) is 1. The highest BCUT2D eigenvalue weighted by Gasteiger charge is 2.41. The Labute approximate surface area is 127 Å². The SMILES string of the molecule is CN1C[C@@H](C(=O)N=[N+]=[N-])C[C@@H]2c3cccc4[nH]cc(c34)C[C@H]21. The summed E-state index contributed by atoms with van der Waals surface area (Å²) in [5.74, 6) is -0.230. The number of aromatic nitrogens is 1. The molecule has 0 saturated carbocycles. The molecule has 6 nitrogen and oxygen atoms in total. The first-order chi connectivity index (χ1) is 10.7. The maximum absolute atomic E-state index is 12.0. The van der Waals surface area contributed by atoms with Crippen LogP contribution >= 0.6 is 0 Å². The van der Waals surface area contributed by atoms with E-state index in [0.717, 1.165) is 18.4 Å². The molecule has 22 heavy (non-hydrogen) atoms. The first-order valence-corrected chi connectivity index (χ1v) is 7.57. The van der Waals surface area contributed by atoms with Gasteiger partial charge in [0.2, 0.25) is 5.91 Å². The Hall–Kier alpha value is -2.30. The van der Waals surface area contributed by atoms with Crippen LogP contribution in [0.3, 0.4) is 0 Å². The van der Waals surface area contributed by atoms with Crippen molar-refractivity contribution in [3.05, 3.63) is 46.0 Å². The first-order valence-electron chi connectivity index (χ1n) is 7.57. The van der Waals surface area contributed by atoms with E-state index in [1.54, 1.807) is 0 Å². The van der Waals surface area contributed by atoms with Gasteiger partial charge in [0, 0.05) is 46.4 Å². The number of carbonyl (C=O) groups is 1. The van der Waals surface area contributed by atoms with Crippen LogP contribution in [-0.4, -0.2) is 35.4 Å². The van der Waals surface area contributed by atoms with E-state index in [-0.39, 0.29) is 11.8 Å². The number of likely N-dealkylation sites (tertiary alicyclic amines) is 1. The second kappa shape index (κ2) is 4.87. The molecule has 0 unspecified atom stereocenters. The average Bonchev–Trinajstić information content (AvgIpc) is 2.93. The number of rotatable bonds is 1. The lowest BCUT2D eigenvalue weighted by Gasteiger charge is -2.44. The topological polar surface area (TPSA) is 84.9 Å². The van der Waals surface area contributed by atoms with Crippen molar-refractivity contribution >= 4 is 16.8 Å².